The first kappa shape index (κ1) is 23.1. The molecule has 0 saturated carbocycles. The third-order valence-corrected chi connectivity index (χ3v) is 5.02. The summed E-state index contributed by atoms with van der Waals surface area (Å²) >= 11 is 0. The van der Waals surface area contributed by atoms with Crippen LogP contribution in [0.1, 0.15) is 37.5 Å². The van der Waals surface area contributed by atoms with E-state index >= 15 is 0 Å². The molecule has 2 rings (SSSR count). The quantitative estimate of drug-likeness (QED) is 0.342. The number of allylic oxidation sites excluding steroid dienone is 4. The van der Waals surface area contributed by atoms with Crippen LogP contribution in [0.5, 0.6) is 5.88 Å². The van der Waals surface area contributed by atoms with Crippen molar-refractivity contribution in [3.63, 3.8) is 0 Å². The van der Waals surface area contributed by atoms with Crippen LogP contribution in [0.25, 0.3) is 10.9 Å². The molecule has 1 aromatic rings. The highest BCUT2D eigenvalue weighted by atomic mass is 16.3. The fourth-order valence-corrected chi connectivity index (χ4v) is 3.26. The van der Waals surface area contributed by atoms with Crippen molar-refractivity contribution in [3.05, 3.63) is 79.6 Å². The van der Waals surface area contributed by atoms with Crippen molar-refractivity contribution in [3.8, 4) is 11.9 Å². The molecule has 1 N–H and O–H groups in total. The van der Waals surface area contributed by atoms with Crippen molar-refractivity contribution < 1.29 is 14.7 Å². The third-order valence-electron chi connectivity index (χ3n) is 5.02. The van der Waals surface area contributed by atoms with Gasteiger partial charge in [0, 0.05) is 24.2 Å². The Labute approximate surface area is 180 Å². The van der Waals surface area contributed by atoms with E-state index < -0.39 is 17.4 Å². The summed E-state index contributed by atoms with van der Waals surface area (Å²) in [7, 11) is 0. The second-order valence-corrected chi connectivity index (χ2v) is 6.66. The number of imide groups is 1. The molecule has 31 heavy (non-hydrogen) atoms. The minimum atomic E-state index is -0.591. The zero-order chi connectivity index (χ0) is 23.3. The number of carbonyl (C=O) groups excluding carboxylic acids is 2. The van der Waals surface area contributed by atoms with Crippen molar-refractivity contribution in [2.45, 2.75) is 34.2 Å². The maximum Gasteiger partial charge on any atom is 0.271 e. The zero-order valence-corrected chi connectivity index (χ0v) is 17.8. The van der Waals surface area contributed by atoms with E-state index in [0.717, 1.165) is 9.47 Å². The van der Waals surface area contributed by atoms with Crippen LogP contribution in [0.2, 0.25) is 0 Å². The summed E-state index contributed by atoms with van der Waals surface area (Å²) in [5.41, 5.74) is 0.642. The van der Waals surface area contributed by atoms with Gasteiger partial charge in [0.1, 0.15) is 11.6 Å². The Morgan fingerprint density at radius 2 is 1.77 bits per heavy atom. The number of aromatic nitrogens is 1. The Bertz CT molecular complexity index is 1210. The van der Waals surface area contributed by atoms with Gasteiger partial charge in [-0.2, -0.15) is 5.26 Å². The Hall–Kier alpha value is -4.17. The molecule has 0 bridgehead atoms. The largest absolute Gasteiger partial charge is 0.494 e. The SMILES string of the molecule is [C-]#[N+]C1=C(C)/C(=C/C=CC=Cc2c(C)c(C#N)c(=O)n(CC)c2O)C(=O)N(CC)C1=O. The first-order chi connectivity index (χ1) is 14.7. The number of nitrogens with zero attached hydrogens (tertiary/aromatic N) is 4. The molecule has 8 nitrogen and oxygen atoms in total. The second kappa shape index (κ2) is 9.55. The molecule has 0 saturated heterocycles. The monoisotopic (exact) mass is 418 g/mol. The van der Waals surface area contributed by atoms with E-state index in [2.05, 4.69) is 4.85 Å². The fraction of sp³-hybridized carbons (Fsp3) is 0.261. The van der Waals surface area contributed by atoms with Gasteiger partial charge in [-0.3, -0.25) is 23.9 Å². The standard InChI is InChI=1S/C23H22N4O4/c1-6-26-20(28)16(14(3)18(13-24)22(26)30)11-9-8-10-12-17-15(4)19(25-5)23(31)27(7-2)21(17)29/h8-12,28H,6-7H2,1-4H3/b10-8?,11-9?,17-12-. The van der Waals surface area contributed by atoms with Crippen LogP contribution in [0.15, 0.2) is 45.9 Å². The smallest absolute Gasteiger partial charge is 0.271 e. The number of hydrogen-bond donors (Lipinski definition) is 1. The summed E-state index contributed by atoms with van der Waals surface area (Å²) in [4.78, 5) is 41.2. The minimum absolute atomic E-state index is 0.0324. The average Bonchev–Trinajstić information content (AvgIpc) is 2.73. The molecule has 0 fully saturated rings. The number of nitriles is 1. The van der Waals surface area contributed by atoms with Crippen LogP contribution in [0.3, 0.4) is 0 Å². The molecular formula is C23H22N4O4. The third kappa shape index (κ3) is 4.10. The van der Waals surface area contributed by atoms with E-state index in [1.807, 2.05) is 6.07 Å². The van der Waals surface area contributed by atoms with Crippen LogP contribution in [0, 0.1) is 24.8 Å². The molecule has 158 valence electrons. The Kier molecular flexibility index (Phi) is 7.12. The summed E-state index contributed by atoms with van der Waals surface area (Å²) in [6.45, 7) is 14.1. The van der Waals surface area contributed by atoms with E-state index in [0.29, 0.717) is 16.7 Å². The highest BCUT2D eigenvalue weighted by molar-refractivity contribution is 6.17. The molecule has 0 aromatic carbocycles. The molecule has 0 atom stereocenters. The number of aromatic hydroxyl groups is 1. The number of pyridine rings is 1. The van der Waals surface area contributed by atoms with Crippen LogP contribution in [-0.2, 0) is 16.1 Å². The first-order valence-electron chi connectivity index (χ1n) is 9.61. The average molecular weight is 418 g/mol. The lowest BCUT2D eigenvalue weighted by molar-refractivity contribution is -0.140. The van der Waals surface area contributed by atoms with Gasteiger partial charge in [-0.1, -0.05) is 24.3 Å². The predicted molar refractivity (Wildman–Crippen MR) is 115 cm³/mol. The Balaban J connectivity index is 2.42. The Morgan fingerprint density at radius 1 is 1.10 bits per heavy atom. The van der Waals surface area contributed by atoms with Crippen molar-refractivity contribution in [2.75, 3.05) is 6.54 Å². The van der Waals surface area contributed by atoms with Crippen LogP contribution < -0.4 is 5.56 Å². The lowest BCUT2D eigenvalue weighted by Gasteiger charge is -2.26. The van der Waals surface area contributed by atoms with E-state index in [9.17, 15) is 24.8 Å². The minimum Gasteiger partial charge on any atom is -0.494 e. The molecule has 1 aliphatic heterocycles. The molecule has 2 amide bonds. The van der Waals surface area contributed by atoms with E-state index in [1.165, 1.54) is 6.08 Å². The topological polar surface area (TPSA) is 108 Å². The predicted octanol–water partition coefficient (Wildman–Crippen LogP) is 2.83. The van der Waals surface area contributed by atoms with Crippen molar-refractivity contribution in [2.24, 2.45) is 0 Å². The van der Waals surface area contributed by atoms with Gasteiger partial charge in [-0.05, 0) is 44.9 Å². The van der Waals surface area contributed by atoms with Crippen LogP contribution in [0.4, 0.5) is 0 Å². The summed E-state index contributed by atoms with van der Waals surface area (Å²) < 4.78 is 1.12. The Morgan fingerprint density at radius 3 is 2.32 bits per heavy atom. The van der Waals surface area contributed by atoms with Gasteiger partial charge in [0.05, 0.1) is 6.57 Å². The van der Waals surface area contributed by atoms with Gasteiger partial charge in [-0.15, -0.1) is 0 Å². The number of hydrogen-bond acceptors (Lipinski definition) is 5. The number of likely N-dealkylation sites (N-methyl/N-ethyl adjacent to an activating group) is 1. The van der Waals surface area contributed by atoms with E-state index in [-0.39, 0.29) is 35.8 Å². The molecule has 0 aliphatic carbocycles. The lowest BCUT2D eigenvalue weighted by atomic mass is 9.98. The summed E-state index contributed by atoms with van der Waals surface area (Å²) in [5.74, 6) is -1.29. The van der Waals surface area contributed by atoms with Crippen molar-refractivity contribution in [1.29, 1.82) is 5.26 Å². The molecule has 1 aliphatic rings. The van der Waals surface area contributed by atoms with Crippen LogP contribution in [-0.4, -0.2) is 32.9 Å². The second-order valence-electron chi connectivity index (χ2n) is 6.66. The summed E-state index contributed by atoms with van der Waals surface area (Å²) in [6, 6.07) is 1.88. The first-order valence-corrected chi connectivity index (χ1v) is 9.61. The van der Waals surface area contributed by atoms with Gasteiger partial charge >= 0.3 is 0 Å². The highest BCUT2D eigenvalue weighted by Gasteiger charge is 2.34. The molecule has 1 aromatic heterocycles. The van der Waals surface area contributed by atoms with Gasteiger partial charge in [0.2, 0.25) is 5.88 Å². The van der Waals surface area contributed by atoms with Gasteiger partial charge in [0.15, 0.2) is 0 Å². The van der Waals surface area contributed by atoms with Gasteiger partial charge in [0.25, 0.3) is 23.1 Å². The van der Waals surface area contributed by atoms with Gasteiger partial charge < -0.3 is 5.11 Å². The van der Waals surface area contributed by atoms with E-state index in [1.54, 1.807) is 52.0 Å². The number of amides is 2. The maximum absolute atomic E-state index is 12.5. The van der Waals surface area contributed by atoms with Crippen molar-refractivity contribution in [1.82, 2.24) is 9.47 Å². The summed E-state index contributed by atoms with van der Waals surface area (Å²) in [5, 5.41) is 19.7. The van der Waals surface area contributed by atoms with E-state index in [4.69, 9.17) is 6.57 Å². The number of carbonyl (C=O) groups is 2. The van der Waals surface area contributed by atoms with Crippen molar-refractivity contribution >= 4 is 17.9 Å². The van der Waals surface area contributed by atoms with Crippen LogP contribution >= 0.6 is 0 Å². The lowest BCUT2D eigenvalue weighted by Crippen LogP contribution is -2.42. The molecule has 8 heteroatoms. The molecule has 0 radical (unpaired) electrons. The molecular weight excluding hydrogens is 396 g/mol. The van der Waals surface area contributed by atoms with Gasteiger partial charge in [-0.25, -0.2) is 4.85 Å². The highest BCUT2D eigenvalue weighted by Crippen LogP contribution is 2.26. The molecule has 0 spiro atoms. The fourth-order valence-electron chi connectivity index (χ4n) is 3.26. The normalized spacial score (nSPS) is 15.9. The zero-order valence-electron chi connectivity index (χ0n) is 17.8. The number of rotatable bonds is 5. The molecule has 2 heterocycles. The summed E-state index contributed by atoms with van der Waals surface area (Å²) in [6.07, 6.45) is 7.85. The molecule has 0 unspecified atom stereocenters. The maximum atomic E-state index is 12.5.